The first kappa shape index (κ1) is 18.4. The van der Waals surface area contributed by atoms with Crippen LogP contribution in [0.15, 0.2) is 40.2 Å². The van der Waals surface area contributed by atoms with Crippen molar-refractivity contribution < 1.29 is 9.32 Å². The first-order chi connectivity index (χ1) is 13.6. The van der Waals surface area contributed by atoms with Crippen molar-refractivity contribution in [2.75, 3.05) is 5.32 Å². The van der Waals surface area contributed by atoms with Gasteiger partial charge in [0, 0.05) is 34.3 Å². The topological polar surface area (TPSA) is 73.0 Å². The largest absolute Gasteiger partial charge is 0.356 e. The number of amides is 1. The molecule has 0 saturated carbocycles. The third-order valence-corrected chi connectivity index (χ3v) is 5.59. The fourth-order valence-corrected chi connectivity index (χ4v) is 4.19. The van der Waals surface area contributed by atoms with E-state index >= 15 is 0 Å². The van der Waals surface area contributed by atoms with Crippen molar-refractivity contribution >= 4 is 33.3 Å². The Morgan fingerprint density at radius 1 is 1.29 bits per heavy atom. The lowest BCUT2D eigenvalue weighted by atomic mass is 10.2. The number of hydrogen-bond acceptors (Lipinski definition) is 5. The Bertz CT molecular complexity index is 1140. The Balaban J connectivity index is 1.49. The molecule has 6 nitrogen and oxygen atoms in total. The first-order valence-corrected chi connectivity index (χ1v) is 10.2. The van der Waals surface area contributed by atoms with E-state index in [1.54, 1.807) is 0 Å². The summed E-state index contributed by atoms with van der Waals surface area (Å²) in [5, 5.41) is 10.3. The van der Waals surface area contributed by atoms with Crippen LogP contribution in [0.25, 0.3) is 22.2 Å². The second-order valence-electron chi connectivity index (χ2n) is 6.82. The van der Waals surface area contributed by atoms with E-state index < -0.39 is 0 Å². The van der Waals surface area contributed by atoms with Crippen molar-refractivity contribution in [3.05, 3.63) is 52.8 Å². The molecule has 0 bridgehead atoms. The summed E-state index contributed by atoms with van der Waals surface area (Å²) >= 11 is 1.43. The van der Waals surface area contributed by atoms with Gasteiger partial charge >= 0.3 is 0 Å². The van der Waals surface area contributed by atoms with Gasteiger partial charge in [-0.1, -0.05) is 24.2 Å². The van der Waals surface area contributed by atoms with Crippen molar-refractivity contribution in [1.29, 1.82) is 0 Å². The summed E-state index contributed by atoms with van der Waals surface area (Å²) in [6.45, 7) is 7.40. The molecule has 0 fully saturated rings. The van der Waals surface area contributed by atoms with Gasteiger partial charge in [-0.2, -0.15) is 0 Å². The van der Waals surface area contributed by atoms with Crippen LogP contribution >= 0.6 is 11.3 Å². The van der Waals surface area contributed by atoms with E-state index in [1.807, 2.05) is 29.6 Å². The van der Waals surface area contributed by atoms with Gasteiger partial charge in [-0.3, -0.25) is 4.79 Å². The van der Waals surface area contributed by atoms with Gasteiger partial charge in [-0.05, 0) is 38.5 Å². The Morgan fingerprint density at radius 2 is 2.11 bits per heavy atom. The van der Waals surface area contributed by atoms with Crippen LogP contribution in [0.1, 0.15) is 30.4 Å². The van der Waals surface area contributed by atoms with Gasteiger partial charge < -0.3 is 14.4 Å². The predicted octanol–water partition coefficient (Wildman–Crippen LogP) is 4.96. The van der Waals surface area contributed by atoms with Crippen LogP contribution in [-0.2, 0) is 17.8 Å². The fraction of sp³-hybridized carbons (Fsp3) is 0.286. The van der Waals surface area contributed by atoms with E-state index in [2.05, 4.69) is 46.9 Å². The number of nitrogens with zero attached hydrogens (tertiary/aromatic N) is 3. The number of para-hydroxylation sites is 1. The summed E-state index contributed by atoms with van der Waals surface area (Å²) in [5.74, 6) is -0.156. The third-order valence-electron chi connectivity index (χ3n) is 4.83. The Labute approximate surface area is 167 Å². The number of carbonyl (C=O) groups excluding carboxylic acids is 1. The molecule has 1 N–H and O–H groups in total. The smallest absolute Gasteiger partial charge is 0.232 e. The molecule has 4 rings (SSSR count). The second-order valence-corrected chi connectivity index (χ2v) is 7.68. The number of aromatic nitrogens is 3. The number of benzene rings is 1. The van der Waals surface area contributed by atoms with Gasteiger partial charge in [0.2, 0.25) is 5.91 Å². The molecule has 0 aliphatic carbocycles. The minimum Gasteiger partial charge on any atom is -0.356 e. The van der Waals surface area contributed by atoms with Crippen molar-refractivity contribution in [3.63, 3.8) is 0 Å². The molecule has 0 aliphatic rings. The van der Waals surface area contributed by atoms with Crippen molar-refractivity contribution in [2.24, 2.45) is 0 Å². The molecule has 1 amide bonds. The lowest BCUT2D eigenvalue weighted by molar-refractivity contribution is -0.115. The van der Waals surface area contributed by atoms with Gasteiger partial charge in [-0.15, -0.1) is 11.3 Å². The van der Waals surface area contributed by atoms with Crippen LogP contribution in [0.4, 0.5) is 5.13 Å². The molecular weight excluding hydrogens is 372 g/mol. The van der Waals surface area contributed by atoms with Crippen LogP contribution in [0.5, 0.6) is 0 Å². The minimum absolute atomic E-state index is 0.150. The zero-order valence-corrected chi connectivity index (χ0v) is 17.0. The highest BCUT2D eigenvalue weighted by atomic mass is 32.1. The average molecular weight is 395 g/mol. The molecule has 7 heteroatoms. The number of rotatable bonds is 6. The molecule has 0 aliphatic heterocycles. The molecule has 0 saturated heterocycles. The number of thiazole rings is 1. The van der Waals surface area contributed by atoms with Crippen LogP contribution < -0.4 is 5.32 Å². The van der Waals surface area contributed by atoms with E-state index in [0.29, 0.717) is 16.4 Å². The highest BCUT2D eigenvalue weighted by molar-refractivity contribution is 7.14. The summed E-state index contributed by atoms with van der Waals surface area (Å²) in [5.41, 5.74) is 5.76. The Kier molecular flexibility index (Phi) is 5.00. The number of anilines is 1. The van der Waals surface area contributed by atoms with Gasteiger partial charge in [0.05, 0.1) is 12.1 Å². The number of carbonyl (C=O) groups is 1. The second kappa shape index (κ2) is 7.59. The van der Waals surface area contributed by atoms with Gasteiger partial charge in [0.1, 0.15) is 5.69 Å². The summed E-state index contributed by atoms with van der Waals surface area (Å²) in [6.07, 6.45) is 1.24. The van der Waals surface area contributed by atoms with Crippen LogP contribution in [-0.4, -0.2) is 20.6 Å². The average Bonchev–Trinajstić information content (AvgIpc) is 3.37. The van der Waals surface area contributed by atoms with E-state index in [9.17, 15) is 4.79 Å². The monoisotopic (exact) mass is 394 g/mol. The van der Waals surface area contributed by atoms with Crippen LogP contribution in [0.2, 0.25) is 0 Å². The lowest BCUT2D eigenvalue weighted by Gasteiger charge is -2.07. The minimum atomic E-state index is -0.156. The summed E-state index contributed by atoms with van der Waals surface area (Å²) in [7, 11) is 0. The number of fused-ring (bicyclic) bond motifs is 1. The zero-order valence-electron chi connectivity index (χ0n) is 16.2. The molecule has 0 radical (unpaired) electrons. The molecule has 0 atom stereocenters. The van der Waals surface area contributed by atoms with E-state index in [0.717, 1.165) is 29.6 Å². The molecular formula is C21H22N4O2S. The molecule has 1 aromatic carbocycles. The quantitative estimate of drug-likeness (QED) is 0.502. The molecule has 3 aromatic heterocycles. The van der Waals surface area contributed by atoms with E-state index in [-0.39, 0.29) is 12.3 Å². The van der Waals surface area contributed by atoms with Crippen LogP contribution in [0, 0.1) is 13.8 Å². The summed E-state index contributed by atoms with van der Waals surface area (Å²) in [4.78, 5) is 17.1. The first-order valence-electron chi connectivity index (χ1n) is 9.32. The highest BCUT2D eigenvalue weighted by Crippen LogP contribution is 2.30. The molecule has 28 heavy (non-hydrogen) atoms. The van der Waals surface area contributed by atoms with Gasteiger partial charge in [-0.25, -0.2) is 4.98 Å². The molecule has 0 spiro atoms. The van der Waals surface area contributed by atoms with E-state index in [4.69, 9.17) is 4.52 Å². The fourth-order valence-electron chi connectivity index (χ4n) is 3.46. The Morgan fingerprint density at radius 3 is 2.93 bits per heavy atom. The molecule has 0 unspecified atom stereocenters. The summed E-state index contributed by atoms with van der Waals surface area (Å²) < 4.78 is 7.57. The number of nitrogens with one attached hydrogen (secondary N) is 1. The van der Waals surface area contributed by atoms with Crippen molar-refractivity contribution in [2.45, 2.75) is 40.2 Å². The SMILES string of the molecule is CCCn1c(C)cc(-c2csc(NC(=O)Cc3noc4ccccc34)n2)c1C. The van der Waals surface area contributed by atoms with E-state index in [1.165, 1.54) is 22.7 Å². The maximum Gasteiger partial charge on any atom is 0.232 e. The summed E-state index contributed by atoms with van der Waals surface area (Å²) in [6, 6.07) is 9.69. The maximum atomic E-state index is 12.4. The number of aryl methyl sites for hydroxylation is 1. The van der Waals surface area contributed by atoms with Crippen molar-refractivity contribution in [3.8, 4) is 11.3 Å². The predicted molar refractivity (Wildman–Crippen MR) is 112 cm³/mol. The lowest BCUT2D eigenvalue weighted by Crippen LogP contribution is -2.14. The standard InChI is InChI=1S/C21H22N4O2S/c1-4-9-25-13(2)10-16(14(25)3)18-12-28-21(22-18)23-20(26)11-17-15-7-5-6-8-19(15)27-24-17/h5-8,10,12H,4,9,11H2,1-3H3,(H,22,23,26). The van der Waals surface area contributed by atoms with Gasteiger partial charge in [0.25, 0.3) is 0 Å². The van der Waals surface area contributed by atoms with Gasteiger partial charge in [0.15, 0.2) is 10.7 Å². The van der Waals surface area contributed by atoms with Crippen LogP contribution in [0.3, 0.4) is 0 Å². The molecule has 144 valence electrons. The van der Waals surface area contributed by atoms with Crippen molar-refractivity contribution in [1.82, 2.24) is 14.7 Å². The normalized spacial score (nSPS) is 11.2. The zero-order chi connectivity index (χ0) is 19.7. The molecule has 3 heterocycles. The maximum absolute atomic E-state index is 12.4. The number of hydrogen-bond donors (Lipinski definition) is 1. The Hall–Kier alpha value is -2.93. The molecule has 4 aromatic rings. The third kappa shape index (κ3) is 3.45. The highest BCUT2D eigenvalue weighted by Gasteiger charge is 2.16.